The number of ketones is 1. The Bertz CT molecular complexity index is 440. The van der Waals surface area contributed by atoms with E-state index in [1.807, 2.05) is 19.2 Å². The lowest BCUT2D eigenvalue weighted by Crippen LogP contribution is -2.44. The molecule has 0 radical (unpaired) electrons. The van der Waals surface area contributed by atoms with Gasteiger partial charge in [-0.25, -0.2) is 0 Å². The molecule has 0 aliphatic heterocycles. The summed E-state index contributed by atoms with van der Waals surface area (Å²) < 4.78 is 0.965. The Balaban J connectivity index is 2.59. The highest BCUT2D eigenvalue weighted by molar-refractivity contribution is 9.10. The predicted molar refractivity (Wildman–Crippen MR) is 69.0 cm³/mol. The van der Waals surface area contributed by atoms with Crippen LogP contribution in [0, 0.1) is 0 Å². The van der Waals surface area contributed by atoms with E-state index in [-0.39, 0.29) is 17.2 Å². The second kappa shape index (κ2) is 3.97. The van der Waals surface area contributed by atoms with Gasteiger partial charge in [0.2, 0.25) is 0 Å². The van der Waals surface area contributed by atoms with Crippen molar-refractivity contribution >= 4 is 21.7 Å². The summed E-state index contributed by atoms with van der Waals surface area (Å²) in [7, 11) is 1.85. The molecule has 0 aromatic heterocycles. The van der Waals surface area contributed by atoms with E-state index in [2.05, 4.69) is 41.2 Å². The van der Waals surface area contributed by atoms with Crippen LogP contribution in [0.5, 0.6) is 0 Å². The van der Waals surface area contributed by atoms with Gasteiger partial charge < -0.3 is 5.32 Å². The Labute approximate surface area is 105 Å². The first-order valence-electron chi connectivity index (χ1n) is 5.47. The highest BCUT2D eigenvalue weighted by Crippen LogP contribution is 2.37. The van der Waals surface area contributed by atoms with Crippen molar-refractivity contribution in [3.05, 3.63) is 33.8 Å². The summed E-state index contributed by atoms with van der Waals surface area (Å²) in [5.74, 6) is 0.207. The fourth-order valence-corrected chi connectivity index (χ4v) is 2.81. The Morgan fingerprint density at radius 3 is 2.75 bits per heavy atom. The van der Waals surface area contributed by atoms with E-state index in [0.29, 0.717) is 0 Å². The molecule has 1 aliphatic rings. The minimum Gasteiger partial charge on any atom is -0.310 e. The third-order valence-electron chi connectivity index (χ3n) is 3.36. The zero-order valence-electron chi connectivity index (χ0n) is 9.80. The summed E-state index contributed by atoms with van der Waals surface area (Å²) >= 11 is 3.42. The number of carbonyl (C=O) groups is 1. The normalized spacial score (nSPS) is 23.0. The van der Waals surface area contributed by atoms with Crippen molar-refractivity contribution < 1.29 is 4.79 Å². The highest BCUT2D eigenvalue weighted by Gasteiger charge is 2.37. The highest BCUT2D eigenvalue weighted by atomic mass is 79.9. The van der Waals surface area contributed by atoms with Crippen LogP contribution in [0.2, 0.25) is 0 Å². The van der Waals surface area contributed by atoms with E-state index >= 15 is 0 Å². The van der Waals surface area contributed by atoms with Crippen LogP contribution in [0.1, 0.15) is 36.2 Å². The second-order valence-corrected chi connectivity index (χ2v) is 5.90. The number of fused-ring (bicyclic) bond motifs is 1. The first-order chi connectivity index (χ1) is 7.45. The average Bonchev–Trinajstić information content (AvgIpc) is 2.23. The van der Waals surface area contributed by atoms with E-state index < -0.39 is 0 Å². The zero-order chi connectivity index (χ0) is 11.9. The lowest BCUT2D eigenvalue weighted by Gasteiger charge is -2.36. The maximum Gasteiger partial charge on any atom is 0.180 e. The molecule has 2 rings (SSSR count). The lowest BCUT2D eigenvalue weighted by molar-refractivity contribution is 0.0910. The molecule has 0 bridgehead atoms. The summed E-state index contributed by atoms with van der Waals surface area (Å²) in [6.07, 6.45) is 0.858. The van der Waals surface area contributed by atoms with E-state index in [4.69, 9.17) is 0 Å². The van der Waals surface area contributed by atoms with E-state index in [0.717, 1.165) is 22.0 Å². The van der Waals surface area contributed by atoms with Gasteiger partial charge in [-0.3, -0.25) is 4.79 Å². The molecular weight excluding hydrogens is 266 g/mol. The third kappa shape index (κ3) is 1.82. The maximum atomic E-state index is 12.2. The summed E-state index contributed by atoms with van der Waals surface area (Å²) in [4.78, 5) is 12.2. The summed E-state index contributed by atoms with van der Waals surface area (Å²) in [5.41, 5.74) is 2.06. The van der Waals surface area contributed by atoms with Gasteiger partial charge in [0.1, 0.15) is 0 Å². The SMILES string of the molecule is CNC1CC(C)(C)c2ccc(Br)cc2C1=O. The summed E-state index contributed by atoms with van der Waals surface area (Å²) in [5, 5.41) is 3.10. The molecule has 1 aromatic rings. The molecule has 0 saturated heterocycles. The van der Waals surface area contributed by atoms with Crippen molar-refractivity contribution in [2.24, 2.45) is 0 Å². The molecule has 0 saturated carbocycles. The largest absolute Gasteiger partial charge is 0.310 e. The van der Waals surface area contributed by atoms with Crippen molar-refractivity contribution in [2.75, 3.05) is 7.05 Å². The minimum absolute atomic E-state index is 0.0532. The molecule has 2 nitrogen and oxygen atoms in total. The van der Waals surface area contributed by atoms with Crippen molar-refractivity contribution in [2.45, 2.75) is 31.7 Å². The summed E-state index contributed by atoms with van der Waals surface area (Å²) in [6.45, 7) is 4.38. The van der Waals surface area contributed by atoms with Crippen LogP contribution in [-0.4, -0.2) is 18.9 Å². The van der Waals surface area contributed by atoms with Gasteiger partial charge in [-0.05, 0) is 36.6 Å². The van der Waals surface area contributed by atoms with Crippen LogP contribution < -0.4 is 5.32 Å². The number of hydrogen-bond acceptors (Lipinski definition) is 2. The van der Waals surface area contributed by atoms with Gasteiger partial charge in [-0.2, -0.15) is 0 Å². The maximum absolute atomic E-state index is 12.2. The van der Waals surface area contributed by atoms with Gasteiger partial charge in [0.25, 0.3) is 0 Å². The quantitative estimate of drug-likeness (QED) is 0.858. The minimum atomic E-state index is -0.0585. The molecule has 1 aromatic carbocycles. The number of hydrogen-bond donors (Lipinski definition) is 1. The molecular formula is C13H16BrNO. The van der Waals surface area contributed by atoms with E-state index in [1.165, 1.54) is 0 Å². The number of carbonyl (C=O) groups excluding carboxylic acids is 1. The fourth-order valence-electron chi connectivity index (χ4n) is 2.44. The van der Waals surface area contributed by atoms with E-state index in [1.54, 1.807) is 0 Å². The third-order valence-corrected chi connectivity index (χ3v) is 3.85. The Morgan fingerprint density at radius 1 is 1.44 bits per heavy atom. The van der Waals surface area contributed by atoms with Gasteiger partial charge in [-0.15, -0.1) is 0 Å². The fraction of sp³-hybridized carbons (Fsp3) is 0.462. The van der Waals surface area contributed by atoms with Crippen LogP contribution >= 0.6 is 15.9 Å². The van der Waals surface area contributed by atoms with Gasteiger partial charge >= 0.3 is 0 Å². The standard InChI is InChI=1S/C13H16BrNO/c1-13(2)7-11(15-3)12(16)9-6-8(14)4-5-10(9)13/h4-6,11,15H,7H2,1-3H3. The number of Topliss-reactive ketones (excluding diaryl/α,β-unsaturated/α-hetero) is 1. The summed E-state index contributed by atoms with van der Waals surface area (Å²) in [6, 6.07) is 5.94. The Kier molecular flexibility index (Phi) is 2.93. The topological polar surface area (TPSA) is 29.1 Å². The number of benzene rings is 1. The van der Waals surface area contributed by atoms with Crippen molar-refractivity contribution in [1.29, 1.82) is 0 Å². The molecule has 0 heterocycles. The van der Waals surface area contributed by atoms with Gasteiger partial charge in [0, 0.05) is 10.0 Å². The Morgan fingerprint density at radius 2 is 2.12 bits per heavy atom. The molecule has 3 heteroatoms. The monoisotopic (exact) mass is 281 g/mol. The zero-order valence-corrected chi connectivity index (χ0v) is 11.4. The van der Waals surface area contributed by atoms with Crippen LogP contribution in [0.4, 0.5) is 0 Å². The van der Waals surface area contributed by atoms with Crippen LogP contribution in [0.15, 0.2) is 22.7 Å². The molecule has 86 valence electrons. The first kappa shape index (κ1) is 11.8. The van der Waals surface area contributed by atoms with Crippen molar-refractivity contribution in [3.63, 3.8) is 0 Å². The predicted octanol–water partition coefficient (Wildman–Crippen LogP) is 2.90. The van der Waals surface area contributed by atoms with Crippen LogP contribution in [0.3, 0.4) is 0 Å². The van der Waals surface area contributed by atoms with Crippen LogP contribution in [0.25, 0.3) is 0 Å². The van der Waals surface area contributed by atoms with Gasteiger partial charge in [0.15, 0.2) is 5.78 Å². The van der Waals surface area contributed by atoms with Crippen LogP contribution in [-0.2, 0) is 5.41 Å². The molecule has 1 N–H and O–H groups in total. The number of rotatable bonds is 1. The number of likely N-dealkylation sites (N-methyl/N-ethyl adjacent to an activating group) is 1. The van der Waals surface area contributed by atoms with Gasteiger partial charge in [0.05, 0.1) is 6.04 Å². The van der Waals surface area contributed by atoms with E-state index in [9.17, 15) is 4.79 Å². The van der Waals surface area contributed by atoms with Crippen molar-refractivity contribution in [1.82, 2.24) is 5.32 Å². The molecule has 0 spiro atoms. The Hall–Kier alpha value is -0.670. The molecule has 1 unspecified atom stereocenters. The molecule has 16 heavy (non-hydrogen) atoms. The number of halogens is 1. The number of nitrogens with one attached hydrogen (secondary N) is 1. The van der Waals surface area contributed by atoms with Crippen molar-refractivity contribution in [3.8, 4) is 0 Å². The van der Waals surface area contributed by atoms with Gasteiger partial charge in [-0.1, -0.05) is 35.8 Å². The molecule has 1 aliphatic carbocycles. The lowest BCUT2D eigenvalue weighted by atomic mass is 9.70. The first-order valence-corrected chi connectivity index (χ1v) is 6.26. The second-order valence-electron chi connectivity index (χ2n) is 4.98. The smallest absolute Gasteiger partial charge is 0.180 e. The average molecular weight is 282 g/mol. The molecule has 0 fully saturated rings. The molecule has 0 amide bonds. The molecule has 1 atom stereocenters.